The van der Waals surface area contributed by atoms with Crippen LogP contribution in [0.5, 0.6) is 5.75 Å². The number of carbonyl (C=O) groups excluding carboxylic acids is 2. The zero-order chi connectivity index (χ0) is 18.1. The van der Waals surface area contributed by atoms with E-state index in [1.165, 1.54) is 0 Å². The lowest BCUT2D eigenvalue weighted by Crippen LogP contribution is -2.21. The highest BCUT2D eigenvalue weighted by molar-refractivity contribution is 5.92. The van der Waals surface area contributed by atoms with Crippen LogP contribution in [0.1, 0.15) is 18.1 Å². The van der Waals surface area contributed by atoms with Gasteiger partial charge in [-0.15, -0.1) is 0 Å². The molecule has 0 spiro atoms. The molecule has 2 aromatic rings. The van der Waals surface area contributed by atoms with Crippen LogP contribution in [0, 0.1) is 11.3 Å². The summed E-state index contributed by atoms with van der Waals surface area (Å²) < 4.78 is 10.3. The topological polar surface area (TPSA) is 88.4 Å². The molecule has 0 saturated carbocycles. The van der Waals surface area contributed by atoms with E-state index in [1.807, 2.05) is 13.0 Å². The maximum Gasteiger partial charge on any atom is 0.310 e. The molecule has 0 aliphatic heterocycles. The Labute approximate surface area is 146 Å². The summed E-state index contributed by atoms with van der Waals surface area (Å²) in [7, 11) is 0. The minimum atomic E-state index is -0.487. The lowest BCUT2D eigenvalue weighted by Gasteiger charge is -2.07. The maximum atomic E-state index is 11.8. The molecule has 25 heavy (non-hydrogen) atoms. The van der Waals surface area contributed by atoms with Crippen LogP contribution in [-0.4, -0.2) is 25.1 Å². The van der Waals surface area contributed by atoms with E-state index >= 15 is 0 Å². The van der Waals surface area contributed by atoms with Gasteiger partial charge in [-0.25, -0.2) is 0 Å². The number of carbonyl (C=O) groups is 2. The second-order valence-electron chi connectivity index (χ2n) is 5.15. The molecule has 6 heteroatoms. The van der Waals surface area contributed by atoms with Crippen LogP contribution in [-0.2, 0) is 20.7 Å². The molecule has 0 aliphatic rings. The summed E-state index contributed by atoms with van der Waals surface area (Å²) in [6.45, 7) is 2.11. The van der Waals surface area contributed by atoms with E-state index in [1.54, 1.807) is 48.5 Å². The van der Waals surface area contributed by atoms with Crippen LogP contribution in [0.4, 0.5) is 5.69 Å². The summed E-state index contributed by atoms with van der Waals surface area (Å²) in [6.07, 6.45) is 0.0799. The van der Waals surface area contributed by atoms with Crippen LogP contribution in [0.15, 0.2) is 48.5 Å². The number of anilines is 1. The predicted octanol–water partition coefficient (Wildman–Crippen LogP) is 2.68. The van der Waals surface area contributed by atoms with Gasteiger partial charge in [-0.3, -0.25) is 9.59 Å². The van der Waals surface area contributed by atoms with E-state index in [-0.39, 0.29) is 13.0 Å². The Morgan fingerprint density at radius 3 is 2.36 bits per heavy atom. The summed E-state index contributed by atoms with van der Waals surface area (Å²) in [4.78, 5) is 23.6. The molecule has 6 nitrogen and oxygen atoms in total. The summed E-state index contributed by atoms with van der Waals surface area (Å²) in [6, 6.07) is 15.5. The highest BCUT2D eigenvalue weighted by Crippen LogP contribution is 2.13. The number of amides is 1. The summed E-state index contributed by atoms with van der Waals surface area (Å²) in [5.74, 6) is -0.190. The van der Waals surface area contributed by atoms with Crippen LogP contribution in [0.2, 0.25) is 0 Å². The molecule has 0 saturated heterocycles. The van der Waals surface area contributed by atoms with Gasteiger partial charge in [0.05, 0.1) is 24.7 Å². The van der Waals surface area contributed by atoms with E-state index in [9.17, 15) is 9.59 Å². The average Bonchev–Trinajstić information content (AvgIpc) is 2.62. The summed E-state index contributed by atoms with van der Waals surface area (Å²) in [5, 5.41) is 11.3. The Kier molecular flexibility index (Phi) is 6.55. The maximum absolute atomic E-state index is 11.8. The molecule has 0 fully saturated rings. The minimum absolute atomic E-state index is 0.0799. The SMILES string of the molecule is CCOc1ccc(CC(=O)OCC(=O)Nc2ccc(C#N)cc2)cc1. The number of hydrogen-bond donors (Lipinski definition) is 1. The van der Waals surface area contributed by atoms with Crippen molar-refractivity contribution in [2.45, 2.75) is 13.3 Å². The van der Waals surface area contributed by atoms with Gasteiger partial charge >= 0.3 is 5.97 Å². The first-order valence-corrected chi connectivity index (χ1v) is 7.78. The van der Waals surface area contributed by atoms with Gasteiger partial charge in [0.2, 0.25) is 0 Å². The zero-order valence-electron chi connectivity index (χ0n) is 13.8. The summed E-state index contributed by atoms with van der Waals surface area (Å²) in [5.41, 5.74) is 1.81. The van der Waals surface area contributed by atoms with Crippen molar-refractivity contribution < 1.29 is 19.1 Å². The molecule has 2 rings (SSSR count). The quantitative estimate of drug-likeness (QED) is 0.784. The van der Waals surface area contributed by atoms with E-state index < -0.39 is 11.9 Å². The monoisotopic (exact) mass is 338 g/mol. The van der Waals surface area contributed by atoms with Crippen molar-refractivity contribution in [1.29, 1.82) is 5.26 Å². The lowest BCUT2D eigenvalue weighted by molar-refractivity contribution is -0.146. The van der Waals surface area contributed by atoms with E-state index in [4.69, 9.17) is 14.7 Å². The number of esters is 1. The molecule has 128 valence electrons. The molecule has 0 unspecified atom stereocenters. The minimum Gasteiger partial charge on any atom is -0.494 e. The van der Waals surface area contributed by atoms with Gasteiger partial charge in [0.1, 0.15) is 5.75 Å². The smallest absolute Gasteiger partial charge is 0.310 e. The van der Waals surface area contributed by atoms with Gasteiger partial charge in [0, 0.05) is 5.69 Å². The molecular weight excluding hydrogens is 320 g/mol. The van der Waals surface area contributed by atoms with Gasteiger partial charge in [-0.05, 0) is 48.9 Å². The molecule has 2 aromatic carbocycles. The van der Waals surface area contributed by atoms with Crippen LogP contribution in [0.3, 0.4) is 0 Å². The van der Waals surface area contributed by atoms with E-state index in [0.29, 0.717) is 17.9 Å². The fourth-order valence-corrected chi connectivity index (χ4v) is 2.06. The third-order valence-corrected chi connectivity index (χ3v) is 3.24. The number of benzene rings is 2. The third kappa shape index (κ3) is 5.99. The first-order chi connectivity index (χ1) is 12.1. The molecule has 0 aliphatic carbocycles. The van der Waals surface area contributed by atoms with Crippen LogP contribution < -0.4 is 10.1 Å². The largest absolute Gasteiger partial charge is 0.494 e. The summed E-state index contributed by atoms with van der Waals surface area (Å²) >= 11 is 0. The first-order valence-electron chi connectivity index (χ1n) is 7.78. The van der Waals surface area contributed by atoms with Crippen molar-refractivity contribution in [3.05, 3.63) is 59.7 Å². The third-order valence-electron chi connectivity index (χ3n) is 3.24. The Bertz CT molecular complexity index is 762. The number of nitriles is 1. The molecule has 0 atom stereocenters. The predicted molar refractivity (Wildman–Crippen MR) is 92.1 cm³/mol. The van der Waals surface area contributed by atoms with Crippen molar-refractivity contribution in [3.63, 3.8) is 0 Å². The van der Waals surface area contributed by atoms with Crippen molar-refractivity contribution in [2.24, 2.45) is 0 Å². The standard InChI is InChI=1S/C19H18N2O4/c1-2-24-17-9-5-14(6-10-17)11-19(23)25-13-18(22)21-16-7-3-15(12-20)4-8-16/h3-10H,2,11,13H2,1H3,(H,21,22). The number of rotatable bonds is 7. The van der Waals surface area contributed by atoms with Crippen LogP contribution in [0.25, 0.3) is 0 Å². The Morgan fingerprint density at radius 2 is 1.76 bits per heavy atom. The molecular formula is C19H18N2O4. The van der Waals surface area contributed by atoms with E-state index in [0.717, 1.165) is 11.3 Å². The first kappa shape index (κ1) is 18.0. The number of nitrogens with zero attached hydrogens (tertiary/aromatic N) is 1. The van der Waals surface area contributed by atoms with Gasteiger partial charge in [0.25, 0.3) is 5.91 Å². The lowest BCUT2D eigenvalue weighted by atomic mass is 10.1. The molecule has 1 N–H and O–H groups in total. The fraction of sp³-hybridized carbons (Fsp3) is 0.211. The Morgan fingerprint density at radius 1 is 1.08 bits per heavy atom. The second-order valence-corrected chi connectivity index (χ2v) is 5.15. The highest BCUT2D eigenvalue weighted by Gasteiger charge is 2.09. The van der Waals surface area contributed by atoms with Crippen LogP contribution >= 0.6 is 0 Å². The number of nitrogens with one attached hydrogen (secondary N) is 1. The fourth-order valence-electron chi connectivity index (χ4n) is 2.06. The van der Waals surface area contributed by atoms with Gasteiger partial charge in [-0.1, -0.05) is 12.1 Å². The zero-order valence-corrected chi connectivity index (χ0v) is 13.8. The second kappa shape index (κ2) is 9.08. The Hall–Kier alpha value is -3.33. The normalized spacial score (nSPS) is 9.76. The molecule has 0 heterocycles. The average molecular weight is 338 g/mol. The van der Waals surface area contributed by atoms with E-state index in [2.05, 4.69) is 5.32 Å². The molecule has 0 bridgehead atoms. The van der Waals surface area contributed by atoms with Crippen molar-refractivity contribution in [1.82, 2.24) is 0 Å². The highest BCUT2D eigenvalue weighted by atomic mass is 16.5. The van der Waals surface area contributed by atoms with Gasteiger partial charge in [0.15, 0.2) is 6.61 Å². The molecule has 0 radical (unpaired) electrons. The van der Waals surface area contributed by atoms with Gasteiger partial charge in [-0.2, -0.15) is 5.26 Å². The van der Waals surface area contributed by atoms with Crippen molar-refractivity contribution in [2.75, 3.05) is 18.5 Å². The number of ether oxygens (including phenoxy) is 2. The van der Waals surface area contributed by atoms with Gasteiger partial charge < -0.3 is 14.8 Å². The molecule has 0 aromatic heterocycles. The molecule has 1 amide bonds. The van der Waals surface area contributed by atoms with Crippen molar-refractivity contribution >= 4 is 17.6 Å². The number of hydrogen-bond acceptors (Lipinski definition) is 5. The Balaban J connectivity index is 1.76. The van der Waals surface area contributed by atoms with Crippen molar-refractivity contribution in [3.8, 4) is 11.8 Å².